The fourth-order valence-corrected chi connectivity index (χ4v) is 14.3. The molecule has 20 nitrogen and oxygen atoms in total. The van der Waals surface area contributed by atoms with Crippen LogP contribution in [0.4, 0.5) is 49.1 Å². The molecule has 0 N–H and O–H groups in total. The number of pyridine rings is 4. The summed E-state index contributed by atoms with van der Waals surface area (Å²) < 4.78 is 107. The van der Waals surface area contributed by atoms with Gasteiger partial charge in [-0.25, -0.2) is 32.5 Å². The molecule has 27 heteroatoms. The first kappa shape index (κ1) is 99.8. The Bertz CT molecular complexity index is 5750. The van der Waals surface area contributed by atoms with Gasteiger partial charge in [0.25, 0.3) is 0 Å². The molecular weight excluding hydrogens is 1690 g/mol. The number of nitrogens with zero attached hydrogens (tertiary/aromatic N) is 8. The van der Waals surface area contributed by atoms with Crippen LogP contribution in [0.15, 0.2) is 207 Å². The highest BCUT2D eigenvalue weighted by molar-refractivity contribution is 6.29. The van der Waals surface area contributed by atoms with Crippen LogP contribution in [0, 0.1) is 55.9 Å². The highest BCUT2D eigenvalue weighted by Gasteiger charge is 2.25. The van der Waals surface area contributed by atoms with E-state index < -0.39 is 35.2 Å². The molecule has 4 heterocycles. The smallest absolute Gasteiger partial charge is 0.226 e. The van der Waals surface area contributed by atoms with E-state index in [9.17, 15) is 64.7 Å². The normalized spacial score (nSPS) is 10.7. The maximum atomic E-state index is 14.7. The number of carbonyl (C=O) groups excluding carboxylic acids is 8. The van der Waals surface area contributed by atoms with Gasteiger partial charge in [0.15, 0.2) is 23.1 Å². The van der Waals surface area contributed by atoms with Gasteiger partial charge in [0, 0.05) is 109 Å². The van der Waals surface area contributed by atoms with E-state index in [1.807, 2.05) is 32.0 Å². The summed E-state index contributed by atoms with van der Waals surface area (Å²) in [5.41, 5.74) is 13.8. The van der Waals surface area contributed by atoms with Crippen LogP contribution >= 0.6 is 11.6 Å². The molecule has 0 aliphatic rings. The van der Waals surface area contributed by atoms with Crippen molar-refractivity contribution in [2.75, 3.05) is 76.2 Å². The topological polar surface area (TPSA) is 238 Å². The molecule has 0 spiro atoms. The summed E-state index contributed by atoms with van der Waals surface area (Å²) in [6, 6.07) is 52.5. The molecule has 0 bridgehead atoms. The first-order valence-electron chi connectivity index (χ1n) is 42.0. The van der Waals surface area contributed by atoms with Gasteiger partial charge in [-0.1, -0.05) is 112 Å². The lowest BCUT2D eigenvalue weighted by Crippen LogP contribution is -2.25. The Morgan fingerprint density at radius 2 is 0.585 bits per heavy atom. The molecule has 12 aromatic rings. The maximum absolute atomic E-state index is 14.7. The molecule has 0 fully saturated rings. The van der Waals surface area contributed by atoms with Gasteiger partial charge in [0.1, 0.15) is 51.4 Å². The van der Waals surface area contributed by atoms with Crippen molar-refractivity contribution in [3.63, 3.8) is 0 Å². The molecule has 0 saturated carbocycles. The van der Waals surface area contributed by atoms with E-state index in [0.717, 1.165) is 39.2 Å². The average molecular weight is 1790 g/mol. The van der Waals surface area contributed by atoms with Crippen LogP contribution in [0.1, 0.15) is 160 Å². The second kappa shape index (κ2) is 47.2. The van der Waals surface area contributed by atoms with Crippen molar-refractivity contribution >= 4 is 81.1 Å². The van der Waals surface area contributed by atoms with Gasteiger partial charge >= 0.3 is 0 Å². The molecular formula is C103H103ClF6N8O12. The number of benzene rings is 8. The molecule has 12 rings (SSSR count). The van der Waals surface area contributed by atoms with E-state index in [1.165, 1.54) is 105 Å². The van der Waals surface area contributed by atoms with Crippen molar-refractivity contribution in [3.8, 4) is 67.5 Å². The van der Waals surface area contributed by atoms with Gasteiger partial charge < -0.3 is 38.5 Å². The fourth-order valence-electron chi connectivity index (χ4n) is 14.2. The zero-order valence-electron chi connectivity index (χ0n) is 75.2. The van der Waals surface area contributed by atoms with Crippen molar-refractivity contribution in [2.24, 2.45) is 0 Å². The average Bonchev–Trinajstić information content (AvgIpc) is 0.814. The van der Waals surface area contributed by atoms with E-state index in [2.05, 4.69) is 19.9 Å². The first-order valence-corrected chi connectivity index (χ1v) is 42.4. The summed E-state index contributed by atoms with van der Waals surface area (Å²) in [5, 5.41) is 0.408. The number of Topliss-reactive ketones (excluding diaryl/α,β-unsaturated/α-hetero) is 4. The van der Waals surface area contributed by atoms with Crippen molar-refractivity contribution in [1.82, 2.24) is 19.9 Å². The summed E-state index contributed by atoms with van der Waals surface area (Å²) in [7, 11) is 12.1. The largest absolute Gasteiger partial charge is 0.496 e. The van der Waals surface area contributed by atoms with Gasteiger partial charge in [-0.05, 0) is 235 Å². The number of hydrogen-bond donors (Lipinski definition) is 0. The minimum Gasteiger partial charge on any atom is -0.496 e. The number of rotatable bonds is 32. The predicted octanol–water partition coefficient (Wildman–Crippen LogP) is 22.2. The Labute approximate surface area is 758 Å². The molecule has 0 saturated heterocycles. The minimum absolute atomic E-state index is 0.0281. The van der Waals surface area contributed by atoms with Gasteiger partial charge in [0.05, 0.1) is 73.4 Å². The second-order valence-electron chi connectivity index (χ2n) is 30.3. The summed E-state index contributed by atoms with van der Waals surface area (Å²) in [6.45, 7) is 12.5. The number of amides is 4. The number of aryl methyl sites for hydroxylation is 7. The lowest BCUT2D eigenvalue weighted by Gasteiger charge is -2.18. The Balaban J connectivity index is 0.000000195. The molecule has 8 aromatic carbocycles. The predicted molar refractivity (Wildman–Crippen MR) is 495 cm³/mol. The van der Waals surface area contributed by atoms with E-state index in [0.29, 0.717) is 146 Å². The maximum Gasteiger partial charge on any atom is 0.226 e. The molecule has 676 valence electrons. The quantitative estimate of drug-likeness (QED) is 0.0216. The van der Waals surface area contributed by atoms with Crippen LogP contribution in [0.3, 0.4) is 0 Å². The van der Waals surface area contributed by atoms with Crippen molar-refractivity contribution in [1.29, 1.82) is 0 Å². The highest BCUT2D eigenvalue weighted by atomic mass is 35.5. The zero-order chi connectivity index (χ0) is 94.7. The monoisotopic (exact) mass is 1790 g/mol. The van der Waals surface area contributed by atoms with Crippen molar-refractivity contribution < 1.29 is 83.6 Å². The molecule has 4 aromatic heterocycles. The molecule has 0 aliphatic heterocycles. The molecule has 0 radical (unpaired) electrons. The summed E-state index contributed by atoms with van der Waals surface area (Å²) in [4.78, 5) is 120. The van der Waals surface area contributed by atoms with Gasteiger partial charge in [0.2, 0.25) is 35.5 Å². The number of anilines is 4. The standard InChI is InChI=1S/C27H29FN2O3.C26H26F2N2O3.C25H24ClFN2O3.C25H24F2N2O3/c1-6-27(32)30(4)24-13-10-20(15-23(24)28)21-9-12-22(26(16-21)33-5)25(31)14-11-19-8-7-17(2)29-18(19)3;1-5-26(32)30(3)22-11-7-18(14-21(22)27)19-6-10-20(24(15-19)33-4)23(31)12-8-17-9-13-25(28)29-16(17)2;1-4-25(31)29(2)21-10-8-17(13-20(21)27)18-7-9-19(23(14-18)32-3)22(30)11-5-16-6-12-24(26)28-15-16;1-4-25(31)29(2)21-10-8-17(13-20(21)26)18-7-9-19(23(14-18)32-3)22(30)11-5-16-6-12-24(27)28-15-16/h7-10,12-13,15-16H,6,11,14H2,1-5H3;6-7,9-11,13-15H,5,8,12H2,1-4H3;2*6-10,12-15H,4-5,11H2,1-3H3. The Morgan fingerprint density at radius 3 is 0.846 bits per heavy atom. The van der Waals surface area contributed by atoms with Crippen molar-refractivity contribution in [2.45, 2.75) is 126 Å². The summed E-state index contributed by atoms with van der Waals surface area (Å²) in [6.07, 6.45) is 7.24. The second-order valence-corrected chi connectivity index (χ2v) is 30.7. The molecule has 0 aliphatic carbocycles. The van der Waals surface area contributed by atoms with Crippen LogP contribution in [0.2, 0.25) is 5.15 Å². The van der Waals surface area contributed by atoms with Crippen LogP contribution in [-0.4, -0.2) is 123 Å². The number of hydrogen-bond acceptors (Lipinski definition) is 16. The first-order chi connectivity index (χ1) is 62.2. The third-order valence-electron chi connectivity index (χ3n) is 21.9. The summed E-state index contributed by atoms with van der Waals surface area (Å²) >= 11 is 5.79. The third kappa shape index (κ3) is 26.1. The number of carbonyl (C=O) groups is 8. The van der Waals surface area contributed by atoms with Crippen LogP contribution in [0.25, 0.3) is 44.5 Å². The molecule has 130 heavy (non-hydrogen) atoms. The van der Waals surface area contributed by atoms with E-state index in [-0.39, 0.29) is 95.2 Å². The lowest BCUT2D eigenvalue weighted by atomic mass is 9.97. The molecule has 0 atom stereocenters. The molecule has 4 amide bonds. The highest BCUT2D eigenvalue weighted by Crippen LogP contribution is 2.38. The SMILES string of the molecule is CCC(=O)N(C)c1ccc(-c2ccc(C(=O)CCc3ccc(C)nc3C)c(OC)c2)cc1F.CCC(=O)N(C)c1ccc(-c2ccc(C(=O)CCc3ccc(Cl)nc3)c(OC)c2)cc1F.CCC(=O)N(C)c1ccc(-c2ccc(C(=O)CCc3ccc(F)nc3)c(OC)c2)cc1F.CCC(=O)N(C)c1ccc(-c2ccc(C(=O)CCc3ccc(F)nc3C)c(OC)c2)cc1F. The van der Waals surface area contributed by atoms with E-state index in [4.69, 9.17) is 30.5 Å². The number of aromatic nitrogens is 4. The van der Waals surface area contributed by atoms with Crippen LogP contribution in [0.5, 0.6) is 23.0 Å². The minimum atomic E-state index is -0.564. The Hall–Kier alpha value is -14.0. The number of methoxy groups -OCH3 is 4. The fraction of sp³-hybridized carbons (Fsp3) is 0.262. The Kier molecular flexibility index (Phi) is 36.2. The van der Waals surface area contributed by atoms with Crippen LogP contribution in [-0.2, 0) is 44.9 Å². The third-order valence-corrected chi connectivity index (χ3v) is 22.1. The van der Waals surface area contributed by atoms with Crippen molar-refractivity contribution in [3.05, 3.63) is 308 Å². The number of halogens is 7. The van der Waals surface area contributed by atoms with Gasteiger partial charge in [-0.15, -0.1) is 0 Å². The number of ether oxygens (including phenoxy) is 4. The van der Waals surface area contributed by atoms with Crippen LogP contribution < -0.4 is 38.5 Å². The Morgan fingerprint density at radius 1 is 0.315 bits per heavy atom. The zero-order valence-corrected chi connectivity index (χ0v) is 76.0. The van der Waals surface area contributed by atoms with E-state index >= 15 is 0 Å². The number of ketones is 4. The molecule has 0 unspecified atom stereocenters. The van der Waals surface area contributed by atoms with E-state index in [1.54, 1.807) is 194 Å². The van der Waals surface area contributed by atoms with Gasteiger partial charge in [-0.2, -0.15) is 8.78 Å². The lowest BCUT2D eigenvalue weighted by molar-refractivity contribution is -0.118. The van der Waals surface area contributed by atoms with Gasteiger partial charge in [-0.3, -0.25) is 43.3 Å². The summed E-state index contributed by atoms with van der Waals surface area (Å²) in [5.74, 6) is -2.54.